The summed E-state index contributed by atoms with van der Waals surface area (Å²) in [6.07, 6.45) is 5.36. The molecule has 0 saturated heterocycles. The Morgan fingerprint density at radius 2 is 0.775 bits per heavy atom. The maximum Gasteiger partial charge on any atom is 0.311 e. The second-order valence-electron chi connectivity index (χ2n) is 9.66. The van der Waals surface area contributed by atoms with Gasteiger partial charge in [0.2, 0.25) is 0 Å². The maximum atomic E-state index is 13.5. The first kappa shape index (κ1) is 21.1. The van der Waals surface area contributed by atoms with E-state index in [9.17, 15) is 19.2 Å². The van der Waals surface area contributed by atoms with Gasteiger partial charge in [-0.1, -0.05) is 24.3 Å². The van der Waals surface area contributed by atoms with Gasteiger partial charge in [0.25, 0.3) is 23.6 Å². The predicted molar refractivity (Wildman–Crippen MR) is 143 cm³/mol. The fraction of sp³-hybridized carbons (Fsp3) is 0. The fourth-order valence-electron chi connectivity index (χ4n) is 6.27. The van der Waals surface area contributed by atoms with Crippen LogP contribution in [0.5, 0.6) is 0 Å². The molecule has 0 atom stereocenters. The highest BCUT2D eigenvalue weighted by Gasteiger charge is 2.39. The highest BCUT2D eigenvalue weighted by molar-refractivity contribution is 6.45. The van der Waals surface area contributed by atoms with E-state index >= 15 is 0 Å². The number of aromatic nitrogens is 2. The monoisotopic (exact) mass is 524 g/mol. The zero-order valence-corrected chi connectivity index (χ0v) is 20.2. The lowest BCUT2D eigenvalue weighted by Crippen LogP contribution is -2.40. The van der Waals surface area contributed by atoms with Gasteiger partial charge in [-0.3, -0.25) is 19.2 Å². The molecule has 7 aromatic rings. The molecule has 10 nitrogen and oxygen atoms in total. The Bertz CT molecular complexity index is 2020. The molecule has 0 saturated carbocycles. The van der Waals surface area contributed by atoms with Crippen molar-refractivity contribution in [1.82, 2.24) is 9.97 Å². The molecule has 40 heavy (non-hydrogen) atoms. The van der Waals surface area contributed by atoms with Crippen molar-refractivity contribution in [2.24, 2.45) is 0 Å². The lowest BCUT2D eigenvalue weighted by Gasteiger charge is -2.28. The van der Waals surface area contributed by atoms with Crippen LogP contribution in [0.4, 0.5) is 12.0 Å². The molecule has 10 heteroatoms. The van der Waals surface area contributed by atoms with Crippen molar-refractivity contribution in [3.63, 3.8) is 0 Å². The number of hydrogen-bond acceptors (Lipinski definition) is 8. The number of imide groups is 2. The Balaban J connectivity index is 1.38. The van der Waals surface area contributed by atoms with Crippen LogP contribution >= 0.6 is 0 Å². The van der Waals surface area contributed by atoms with Crippen LogP contribution in [0.1, 0.15) is 41.4 Å². The van der Waals surface area contributed by atoms with E-state index in [-0.39, 0.29) is 12.0 Å². The van der Waals surface area contributed by atoms with Gasteiger partial charge in [0.15, 0.2) is 0 Å². The highest BCUT2D eigenvalue weighted by atomic mass is 16.4. The average molecular weight is 524 g/mol. The summed E-state index contributed by atoms with van der Waals surface area (Å²) in [7, 11) is 0. The van der Waals surface area contributed by atoms with Gasteiger partial charge in [-0.25, -0.2) is 9.97 Å². The van der Waals surface area contributed by atoms with Crippen molar-refractivity contribution in [2.45, 2.75) is 0 Å². The van der Waals surface area contributed by atoms with E-state index in [4.69, 9.17) is 8.83 Å². The first-order valence-electron chi connectivity index (χ1n) is 12.3. The van der Waals surface area contributed by atoms with Crippen molar-refractivity contribution < 1.29 is 28.0 Å². The smallest absolute Gasteiger partial charge is 0.311 e. The summed E-state index contributed by atoms with van der Waals surface area (Å²) >= 11 is 0. The zero-order chi connectivity index (χ0) is 26.9. The van der Waals surface area contributed by atoms with Gasteiger partial charge < -0.3 is 8.83 Å². The number of oxazole rings is 2. The van der Waals surface area contributed by atoms with Crippen LogP contribution in [-0.4, -0.2) is 33.6 Å². The van der Waals surface area contributed by atoms with E-state index in [0.29, 0.717) is 33.0 Å². The van der Waals surface area contributed by atoms with Crippen LogP contribution in [0.25, 0.3) is 43.1 Å². The molecule has 0 N–H and O–H groups in total. The number of benzene rings is 5. The second kappa shape index (κ2) is 6.94. The van der Waals surface area contributed by atoms with Crippen LogP contribution in [-0.2, 0) is 0 Å². The van der Waals surface area contributed by atoms with Crippen LogP contribution < -0.4 is 9.80 Å². The van der Waals surface area contributed by atoms with Crippen molar-refractivity contribution >= 4 is 78.7 Å². The summed E-state index contributed by atoms with van der Waals surface area (Å²) in [4.78, 5) is 64.0. The summed E-state index contributed by atoms with van der Waals surface area (Å²) in [5.41, 5.74) is 1.42. The van der Waals surface area contributed by atoms with Gasteiger partial charge in [0.05, 0.1) is 12.4 Å². The first-order chi connectivity index (χ1) is 19.5. The van der Waals surface area contributed by atoms with Gasteiger partial charge in [-0.2, -0.15) is 9.80 Å². The van der Waals surface area contributed by atoms with Crippen LogP contribution in [0.15, 0.2) is 82.3 Å². The molecule has 0 radical (unpaired) electrons. The van der Waals surface area contributed by atoms with Crippen molar-refractivity contribution in [3.05, 3.63) is 95.7 Å². The van der Waals surface area contributed by atoms with Gasteiger partial charge in [-0.15, -0.1) is 0 Å². The Hall–Kier alpha value is -5.90. The van der Waals surface area contributed by atoms with E-state index in [0.717, 1.165) is 42.1 Å². The van der Waals surface area contributed by atoms with Crippen LogP contribution in [0.3, 0.4) is 0 Å². The highest BCUT2D eigenvalue weighted by Crippen LogP contribution is 2.46. The molecule has 2 aromatic heterocycles. The van der Waals surface area contributed by atoms with E-state index in [1.807, 2.05) is 24.3 Å². The third-order valence-electron chi connectivity index (χ3n) is 7.86. The summed E-state index contributed by atoms with van der Waals surface area (Å²) in [5, 5.41) is 5.81. The lowest BCUT2D eigenvalue weighted by atomic mass is 9.82. The van der Waals surface area contributed by atoms with Gasteiger partial charge in [-0.05, 0) is 56.6 Å². The molecule has 0 unspecified atom stereocenters. The Morgan fingerprint density at radius 1 is 0.450 bits per heavy atom. The van der Waals surface area contributed by atoms with Crippen LogP contribution in [0, 0.1) is 0 Å². The molecule has 0 spiro atoms. The lowest BCUT2D eigenvalue weighted by molar-refractivity contribution is 0.0869. The van der Waals surface area contributed by atoms with Gasteiger partial charge >= 0.3 is 12.0 Å². The topological polar surface area (TPSA) is 127 Å². The van der Waals surface area contributed by atoms with Crippen molar-refractivity contribution in [1.29, 1.82) is 0 Å². The molecule has 0 aliphatic carbocycles. The number of carbonyl (C=O) groups is 4. The number of anilines is 2. The number of nitrogens with zero attached hydrogens (tertiary/aromatic N) is 4. The molecule has 2 aliphatic rings. The quantitative estimate of drug-likeness (QED) is 0.169. The van der Waals surface area contributed by atoms with Crippen molar-refractivity contribution in [3.8, 4) is 0 Å². The predicted octanol–water partition coefficient (Wildman–Crippen LogP) is 5.31. The summed E-state index contributed by atoms with van der Waals surface area (Å²) in [6, 6.07) is 13.9. The minimum atomic E-state index is -0.525. The minimum Gasteiger partial charge on any atom is -0.431 e. The summed E-state index contributed by atoms with van der Waals surface area (Å²) < 4.78 is 10.6. The number of fused-ring (bicyclic) bond motifs is 2. The van der Waals surface area contributed by atoms with E-state index < -0.39 is 23.6 Å². The Labute approximate surface area is 222 Å². The molecule has 0 bridgehead atoms. The van der Waals surface area contributed by atoms with Gasteiger partial charge in [0, 0.05) is 33.0 Å². The molecule has 4 amide bonds. The molecule has 188 valence electrons. The second-order valence-corrected chi connectivity index (χ2v) is 9.66. The standard InChI is InChI=1S/C30H12N4O6/c35-25-17-5-1-13-14-2-6-19-24-20(28(38)34(27(19)37)30-32-10-12-40-30)8-4-16(22(14)24)15-3-7-18(23(17)21(13)15)26(36)33(25)29-31-9-11-39-29/h1-12H. The molecular weight excluding hydrogens is 512 g/mol. The molecule has 5 aromatic carbocycles. The average Bonchev–Trinajstić information content (AvgIpc) is 3.69. The summed E-state index contributed by atoms with van der Waals surface area (Å²) in [5.74, 6) is -2.10. The third-order valence-corrected chi connectivity index (χ3v) is 7.86. The Morgan fingerprint density at radius 3 is 1.05 bits per heavy atom. The van der Waals surface area contributed by atoms with E-state index in [1.54, 1.807) is 24.3 Å². The van der Waals surface area contributed by atoms with Gasteiger partial charge in [0.1, 0.15) is 12.5 Å². The largest absolute Gasteiger partial charge is 0.431 e. The number of hydrogen-bond donors (Lipinski definition) is 0. The third kappa shape index (κ3) is 2.30. The Kier molecular flexibility index (Phi) is 3.66. The SMILES string of the molecule is O=C1c2ccc3c4ccc5c6c(ccc(c7ccc(c2c37)C(=O)N1c1ncco1)c64)C(=O)N(c1ncco1)C5=O. The number of rotatable bonds is 2. The van der Waals surface area contributed by atoms with Crippen LogP contribution in [0.2, 0.25) is 0 Å². The number of carbonyl (C=O) groups excluding carboxylic acids is 4. The minimum absolute atomic E-state index is 0.0909. The molecule has 0 fully saturated rings. The summed E-state index contributed by atoms with van der Waals surface area (Å²) in [6.45, 7) is 0. The van der Waals surface area contributed by atoms with E-state index in [1.165, 1.54) is 24.9 Å². The number of amides is 4. The normalized spacial score (nSPS) is 15.1. The maximum absolute atomic E-state index is 13.5. The van der Waals surface area contributed by atoms with Crippen molar-refractivity contribution in [2.75, 3.05) is 9.80 Å². The molecule has 2 aliphatic heterocycles. The molecule has 4 heterocycles. The fourth-order valence-corrected chi connectivity index (χ4v) is 6.27. The van der Waals surface area contributed by atoms with E-state index in [2.05, 4.69) is 9.97 Å². The molecular formula is C30H12N4O6. The zero-order valence-electron chi connectivity index (χ0n) is 20.2. The first-order valence-corrected chi connectivity index (χ1v) is 12.3. The molecule has 9 rings (SSSR count).